The van der Waals surface area contributed by atoms with Crippen molar-refractivity contribution < 1.29 is 24.2 Å². The standard InChI is InChI=1S/C12H12N2O5S/c15-11(16)8-4-20-5-14(8)12(17)13-7-1-2-9-10(3-7)19-6-18-9/h1-3,8H,4-6H2,(H,13,17)(H,15,16)/t8-/m0/s1. The van der Waals surface area contributed by atoms with E-state index in [0.717, 1.165) is 0 Å². The first-order chi connectivity index (χ1) is 9.65. The van der Waals surface area contributed by atoms with Crippen LogP contribution in [-0.4, -0.2) is 46.5 Å². The molecule has 7 nitrogen and oxygen atoms in total. The summed E-state index contributed by atoms with van der Waals surface area (Å²) in [6.45, 7) is 0.163. The first-order valence-corrected chi connectivity index (χ1v) is 7.08. The Morgan fingerprint density at radius 1 is 1.35 bits per heavy atom. The summed E-state index contributed by atoms with van der Waals surface area (Å²) >= 11 is 1.42. The Morgan fingerprint density at radius 2 is 2.15 bits per heavy atom. The van der Waals surface area contributed by atoms with E-state index in [1.165, 1.54) is 16.7 Å². The summed E-state index contributed by atoms with van der Waals surface area (Å²) in [4.78, 5) is 24.4. The number of nitrogens with zero attached hydrogens (tertiary/aromatic N) is 1. The molecule has 106 valence electrons. The molecule has 1 saturated heterocycles. The van der Waals surface area contributed by atoms with Gasteiger partial charge in [0.25, 0.3) is 0 Å². The van der Waals surface area contributed by atoms with Crippen LogP contribution in [0.2, 0.25) is 0 Å². The number of ether oxygens (including phenoxy) is 2. The normalized spacial score (nSPS) is 20.0. The smallest absolute Gasteiger partial charge is 0.327 e. The Kier molecular flexibility index (Phi) is 3.31. The van der Waals surface area contributed by atoms with Gasteiger partial charge in [0.1, 0.15) is 6.04 Å². The highest BCUT2D eigenvalue weighted by Crippen LogP contribution is 2.34. The van der Waals surface area contributed by atoms with Gasteiger partial charge in [-0.15, -0.1) is 11.8 Å². The summed E-state index contributed by atoms with van der Waals surface area (Å²) in [7, 11) is 0. The van der Waals surface area contributed by atoms with Crippen molar-refractivity contribution in [1.82, 2.24) is 4.90 Å². The Labute approximate surface area is 118 Å². The van der Waals surface area contributed by atoms with Gasteiger partial charge in [-0.1, -0.05) is 0 Å². The molecule has 1 aromatic rings. The van der Waals surface area contributed by atoms with Crippen LogP contribution in [0, 0.1) is 0 Å². The maximum atomic E-state index is 12.1. The van der Waals surface area contributed by atoms with E-state index in [-0.39, 0.29) is 6.79 Å². The third-order valence-electron chi connectivity index (χ3n) is 3.05. The van der Waals surface area contributed by atoms with Gasteiger partial charge in [0.15, 0.2) is 11.5 Å². The molecule has 20 heavy (non-hydrogen) atoms. The lowest BCUT2D eigenvalue weighted by Crippen LogP contribution is -2.43. The molecule has 1 atom stereocenters. The summed E-state index contributed by atoms with van der Waals surface area (Å²) in [5, 5.41) is 11.7. The zero-order valence-electron chi connectivity index (χ0n) is 10.4. The largest absolute Gasteiger partial charge is 0.480 e. The number of carbonyl (C=O) groups excluding carboxylic acids is 1. The lowest BCUT2D eigenvalue weighted by Gasteiger charge is -2.20. The van der Waals surface area contributed by atoms with E-state index in [9.17, 15) is 9.59 Å². The number of benzene rings is 1. The number of hydrogen-bond acceptors (Lipinski definition) is 5. The maximum Gasteiger partial charge on any atom is 0.327 e. The van der Waals surface area contributed by atoms with Gasteiger partial charge < -0.3 is 24.8 Å². The van der Waals surface area contributed by atoms with E-state index in [0.29, 0.717) is 28.8 Å². The average Bonchev–Trinajstić information content (AvgIpc) is 3.06. The van der Waals surface area contributed by atoms with Gasteiger partial charge in [-0.3, -0.25) is 0 Å². The molecule has 1 aromatic carbocycles. The van der Waals surface area contributed by atoms with E-state index in [4.69, 9.17) is 14.6 Å². The Hall–Kier alpha value is -2.09. The van der Waals surface area contributed by atoms with Crippen molar-refractivity contribution in [2.24, 2.45) is 0 Å². The zero-order chi connectivity index (χ0) is 14.1. The quantitative estimate of drug-likeness (QED) is 0.858. The Balaban J connectivity index is 1.71. The van der Waals surface area contributed by atoms with Crippen LogP contribution < -0.4 is 14.8 Å². The van der Waals surface area contributed by atoms with Crippen molar-refractivity contribution in [3.63, 3.8) is 0 Å². The van der Waals surface area contributed by atoms with Gasteiger partial charge in [0.05, 0.1) is 5.88 Å². The molecule has 0 unspecified atom stereocenters. The number of rotatable bonds is 2. The van der Waals surface area contributed by atoms with Gasteiger partial charge >= 0.3 is 12.0 Å². The number of thioether (sulfide) groups is 1. The number of fused-ring (bicyclic) bond motifs is 1. The predicted octanol–water partition coefficient (Wildman–Crippen LogP) is 1.41. The van der Waals surface area contributed by atoms with Gasteiger partial charge in [0.2, 0.25) is 6.79 Å². The number of hydrogen-bond donors (Lipinski definition) is 2. The Bertz CT molecular complexity index is 565. The molecular weight excluding hydrogens is 284 g/mol. The number of anilines is 1. The fourth-order valence-electron chi connectivity index (χ4n) is 2.02. The molecule has 2 aliphatic rings. The third-order valence-corrected chi connectivity index (χ3v) is 4.06. The first kappa shape index (κ1) is 12.9. The van der Waals surface area contributed by atoms with Crippen molar-refractivity contribution >= 4 is 29.4 Å². The van der Waals surface area contributed by atoms with E-state index >= 15 is 0 Å². The molecule has 0 aromatic heterocycles. The molecule has 0 bridgehead atoms. The van der Waals surface area contributed by atoms with E-state index in [2.05, 4.69) is 5.32 Å². The molecule has 0 radical (unpaired) electrons. The van der Waals surface area contributed by atoms with Crippen molar-refractivity contribution in [3.8, 4) is 11.5 Å². The number of aliphatic carboxylic acids is 1. The topological polar surface area (TPSA) is 88.1 Å². The first-order valence-electron chi connectivity index (χ1n) is 5.93. The lowest BCUT2D eigenvalue weighted by molar-refractivity contribution is -0.140. The summed E-state index contributed by atoms with van der Waals surface area (Å²) in [5.41, 5.74) is 0.542. The molecule has 0 spiro atoms. The van der Waals surface area contributed by atoms with Gasteiger partial charge in [-0.05, 0) is 12.1 Å². The number of amides is 2. The number of carboxylic acids is 1. The second kappa shape index (κ2) is 5.12. The summed E-state index contributed by atoms with van der Waals surface area (Å²) < 4.78 is 10.4. The highest BCUT2D eigenvalue weighted by molar-refractivity contribution is 7.99. The molecule has 2 aliphatic heterocycles. The second-order valence-corrected chi connectivity index (χ2v) is 5.32. The van der Waals surface area contributed by atoms with E-state index < -0.39 is 18.0 Å². The van der Waals surface area contributed by atoms with E-state index in [1.807, 2.05) is 0 Å². The van der Waals surface area contributed by atoms with Crippen molar-refractivity contribution in [3.05, 3.63) is 18.2 Å². The highest BCUT2D eigenvalue weighted by atomic mass is 32.2. The lowest BCUT2D eigenvalue weighted by atomic mass is 10.2. The summed E-state index contributed by atoms with van der Waals surface area (Å²) in [6, 6.07) is 3.82. The van der Waals surface area contributed by atoms with Crippen LogP contribution in [-0.2, 0) is 4.79 Å². The maximum absolute atomic E-state index is 12.1. The summed E-state index contributed by atoms with van der Waals surface area (Å²) in [6.07, 6.45) is 0. The average molecular weight is 296 g/mol. The van der Waals surface area contributed by atoms with Crippen LogP contribution in [0.1, 0.15) is 0 Å². The second-order valence-electron chi connectivity index (χ2n) is 4.32. The highest BCUT2D eigenvalue weighted by Gasteiger charge is 2.34. The molecule has 0 saturated carbocycles. The van der Waals surface area contributed by atoms with Crippen LogP contribution in [0.5, 0.6) is 11.5 Å². The van der Waals surface area contributed by atoms with Gasteiger partial charge in [-0.2, -0.15) is 0 Å². The monoisotopic (exact) mass is 296 g/mol. The Morgan fingerprint density at radius 3 is 2.95 bits per heavy atom. The SMILES string of the molecule is O=C(O)[C@@H]1CSCN1C(=O)Nc1ccc2c(c1)OCO2. The minimum Gasteiger partial charge on any atom is -0.480 e. The van der Waals surface area contributed by atoms with Crippen LogP contribution in [0.4, 0.5) is 10.5 Å². The molecule has 1 fully saturated rings. The number of carboxylic acid groups (broad SMARTS) is 1. The van der Waals surface area contributed by atoms with E-state index in [1.54, 1.807) is 18.2 Å². The van der Waals surface area contributed by atoms with Crippen molar-refractivity contribution in [2.45, 2.75) is 6.04 Å². The molecule has 8 heteroatoms. The fourth-order valence-corrected chi connectivity index (χ4v) is 3.16. The molecule has 2 amide bonds. The predicted molar refractivity (Wildman–Crippen MR) is 72.2 cm³/mol. The fraction of sp³-hybridized carbons (Fsp3) is 0.333. The van der Waals surface area contributed by atoms with Crippen LogP contribution in [0.15, 0.2) is 18.2 Å². The van der Waals surface area contributed by atoms with Crippen LogP contribution >= 0.6 is 11.8 Å². The minimum absolute atomic E-state index is 0.163. The third kappa shape index (κ3) is 2.34. The zero-order valence-corrected chi connectivity index (χ0v) is 11.2. The minimum atomic E-state index is -0.990. The molecule has 2 heterocycles. The molecule has 3 rings (SSSR count). The molecule has 2 N–H and O–H groups in total. The molecular formula is C12H12N2O5S. The number of urea groups is 1. The van der Waals surface area contributed by atoms with Crippen molar-refractivity contribution in [1.29, 1.82) is 0 Å². The molecule has 0 aliphatic carbocycles. The number of carbonyl (C=O) groups is 2. The van der Waals surface area contributed by atoms with Gasteiger partial charge in [0, 0.05) is 17.5 Å². The van der Waals surface area contributed by atoms with Gasteiger partial charge in [-0.25, -0.2) is 9.59 Å². The summed E-state index contributed by atoms with van der Waals surface area (Å²) in [5.74, 6) is 0.976. The number of nitrogens with one attached hydrogen (secondary N) is 1. The van der Waals surface area contributed by atoms with Crippen LogP contribution in [0.25, 0.3) is 0 Å². The van der Waals surface area contributed by atoms with Crippen LogP contribution in [0.3, 0.4) is 0 Å². The van der Waals surface area contributed by atoms with Crippen molar-refractivity contribution in [2.75, 3.05) is 23.7 Å².